The quantitative estimate of drug-likeness (QED) is 0.820. The summed E-state index contributed by atoms with van der Waals surface area (Å²) in [5.74, 6) is 0. The fraction of sp³-hybridized carbons (Fsp3) is 1.00. The number of alkyl halides is 3. The zero-order valence-corrected chi connectivity index (χ0v) is 10.4. The number of hydrogen-bond acceptors (Lipinski definition) is 3. The summed E-state index contributed by atoms with van der Waals surface area (Å²) in [6.07, 6.45) is -3.46. The van der Waals surface area contributed by atoms with Gasteiger partial charge in [0.05, 0.1) is 12.1 Å². The number of nitrogens with zero attached hydrogens (tertiary/aromatic N) is 2. The molecule has 0 spiro atoms. The molecule has 0 saturated carbocycles. The summed E-state index contributed by atoms with van der Waals surface area (Å²) < 4.78 is 36.5. The average Bonchev–Trinajstić information content (AvgIpc) is 2.13. The lowest BCUT2D eigenvalue weighted by molar-refractivity contribution is -0.149. The first-order chi connectivity index (χ1) is 7.66. The van der Waals surface area contributed by atoms with E-state index in [2.05, 4.69) is 4.90 Å². The smallest absolute Gasteiger partial charge is 0.390 e. The molecule has 0 bridgehead atoms. The van der Waals surface area contributed by atoms with E-state index in [4.69, 9.17) is 0 Å². The van der Waals surface area contributed by atoms with Crippen LogP contribution in [-0.2, 0) is 0 Å². The summed E-state index contributed by atoms with van der Waals surface area (Å²) in [5.41, 5.74) is -0.705. The van der Waals surface area contributed by atoms with Gasteiger partial charge >= 0.3 is 6.18 Å². The molecule has 1 heterocycles. The molecule has 1 N–H and O–H groups in total. The first-order valence-electron chi connectivity index (χ1n) is 5.90. The van der Waals surface area contributed by atoms with E-state index in [-0.39, 0.29) is 0 Å². The van der Waals surface area contributed by atoms with Gasteiger partial charge in [-0.25, -0.2) is 0 Å². The van der Waals surface area contributed by atoms with Crippen LogP contribution in [0, 0.1) is 0 Å². The van der Waals surface area contributed by atoms with Crippen molar-refractivity contribution in [3.8, 4) is 0 Å². The first-order valence-corrected chi connectivity index (χ1v) is 5.90. The van der Waals surface area contributed by atoms with Crippen LogP contribution in [0.15, 0.2) is 0 Å². The van der Waals surface area contributed by atoms with Crippen LogP contribution in [0.3, 0.4) is 0 Å². The molecule has 0 aromatic rings. The topological polar surface area (TPSA) is 26.7 Å². The standard InChI is InChI=1S/C11H21F3N2O/c1-10(2,17)3-4-15-5-7-16(8-6-15)9-11(12,13)14/h17H,3-9H2,1-2H3. The predicted octanol–water partition coefficient (Wildman–Crippen LogP) is 1.33. The van der Waals surface area contributed by atoms with Gasteiger partial charge in [0.25, 0.3) is 0 Å². The fourth-order valence-corrected chi connectivity index (χ4v) is 1.86. The van der Waals surface area contributed by atoms with Gasteiger partial charge in [-0.1, -0.05) is 0 Å². The summed E-state index contributed by atoms with van der Waals surface area (Å²) >= 11 is 0. The van der Waals surface area contributed by atoms with Crippen LogP contribution < -0.4 is 0 Å². The Bertz CT molecular complexity index is 230. The van der Waals surface area contributed by atoms with Crippen LogP contribution in [0.4, 0.5) is 13.2 Å². The Hall–Kier alpha value is -0.330. The van der Waals surface area contributed by atoms with Gasteiger partial charge in [-0.3, -0.25) is 4.90 Å². The molecule has 0 atom stereocenters. The van der Waals surface area contributed by atoms with Gasteiger partial charge in [-0.2, -0.15) is 13.2 Å². The number of aliphatic hydroxyl groups is 1. The maximum absolute atomic E-state index is 12.2. The molecule has 3 nitrogen and oxygen atoms in total. The van der Waals surface area contributed by atoms with Crippen molar-refractivity contribution in [1.29, 1.82) is 0 Å². The van der Waals surface area contributed by atoms with Crippen LogP contribution in [0.1, 0.15) is 20.3 Å². The molecule has 1 rings (SSSR count). The van der Waals surface area contributed by atoms with Crippen LogP contribution in [0.5, 0.6) is 0 Å². The van der Waals surface area contributed by atoms with Gasteiger partial charge in [0.1, 0.15) is 0 Å². The lowest BCUT2D eigenvalue weighted by atomic mass is 10.1. The highest BCUT2D eigenvalue weighted by Crippen LogP contribution is 2.18. The first kappa shape index (κ1) is 14.7. The Morgan fingerprint density at radius 2 is 1.47 bits per heavy atom. The van der Waals surface area contributed by atoms with Crippen molar-refractivity contribution < 1.29 is 18.3 Å². The van der Waals surface area contributed by atoms with E-state index >= 15 is 0 Å². The van der Waals surface area contributed by atoms with Crippen molar-refractivity contribution in [2.24, 2.45) is 0 Å². The molecule has 102 valence electrons. The van der Waals surface area contributed by atoms with E-state index in [0.717, 1.165) is 6.54 Å². The fourth-order valence-electron chi connectivity index (χ4n) is 1.86. The third-order valence-corrected chi connectivity index (χ3v) is 2.91. The second-order valence-corrected chi connectivity index (χ2v) is 5.30. The Morgan fingerprint density at radius 1 is 1.00 bits per heavy atom. The highest BCUT2D eigenvalue weighted by molar-refractivity contribution is 4.76. The predicted molar refractivity (Wildman–Crippen MR) is 59.8 cm³/mol. The van der Waals surface area contributed by atoms with Crippen LogP contribution in [-0.4, -0.2) is 66.0 Å². The van der Waals surface area contributed by atoms with E-state index in [0.29, 0.717) is 32.6 Å². The Balaban J connectivity index is 2.22. The van der Waals surface area contributed by atoms with Gasteiger partial charge in [0.2, 0.25) is 0 Å². The Kier molecular flexibility index (Phi) is 4.80. The van der Waals surface area contributed by atoms with E-state index < -0.39 is 18.3 Å². The minimum absolute atomic E-state index is 0.450. The molecule has 0 aromatic heterocycles. The molecular formula is C11H21F3N2O. The van der Waals surface area contributed by atoms with Crippen molar-refractivity contribution in [3.63, 3.8) is 0 Å². The van der Waals surface area contributed by atoms with Gasteiger partial charge in [0.15, 0.2) is 0 Å². The summed E-state index contributed by atoms with van der Waals surface area (Å²) in [4.78, 5) is 3.53. The zero-order chi connectivity index (χ0) is 13.1. The monoisotopic (exact) mass is 254 g/mol. The molecule has 1 aliphatic heterocycles. The number of rotatable bonds is 4. The van der Waals surface area contributed by atoms with Crippen LogP contribution in [0.25, 0.3) is 0 Å². The lowest BCUT2D eigenvalue weighted by Gasteiger charge is -2.35. The van der Waals surface area contributed by atoms with E-state index in [1.54, 1.807) is 13.8 Å². The minimum Gasteiger partial charge on any atom is -0.390 e. The van der Waals surface area contributed by atoms with Crippen molar-refractivity contribution >= 4 is 0 Å². The highest BCUT2D eigenvalue weighted by Gasteiger charge is 2.32. The summed E-state index contributed by atoms with van der Waals surface area (Å²) in [5, 5.41) is 9.57. The van der Waals surface area contributed by atoms with Crippen LogP contribution >= 0.6 is 0 Å². The number of piperazine rings is 1. The molecule has 1 saturated heterocycles. The Morgan fingerprint density at radius 3 is 1.88 bits per heavy atom. The highest BCUT2D eigenvalue weighted by atomic mass is 19.4. The third-order valence-electron chi connectivity index (χ3n) is 2.91. The van der Waals surface area contributed by atoms with E-state index in [9.17, 15) is 18.3 Å². The van der Waals surface area contributed by atoms with Gasteiger partial charge < -0.3 is 10.0 Å². The number of hydrogen-bond donors (Lipinski definition) is 1. The van der Waals surface area contributed by atoms with Gasteiger partial charge in [0, 0.05) is 32.7 Å². The average molecular weight is 254 g/mol. The molecule has 0 radical (unpaired) electrons. The Labute approximate surface area is 100 Å². The maximum Gasteiger partial charge on any atom is 0.401 e. The summed E-state index contributed by atoms with van der Waals surface area (Å²) in [6.45, 7) is 5.60. The summed E-state index contributed by atoms with van der Waals surface area (Å²) in [7, 11) is 0. The van der Waals surface area contributed by atoms with Gasteiger partial charge in [-0.05, 0) is 20.3 Å². The second-order valence-electron chi connectivity index (χ2n) is 5.30. The normalized spacial score (nSPS) is 20.8. The molecule has 1 fully saturated rings. The van der Waals surface area contributed by atoms with E-state index in [1.165, 1.54) is 4.90 Å². The minimum atomic E-state index is -4.10. The van der Waals surface area contributed by atoms with Crippen LogP contribution in [0.2, 0.25) is 0 Å². The third kappa shape index (κ3) is 6.85. The van der Waals surface area contributed by atoms with Crippen molar-refractivity contribution in [2.75, 3.05) is 39.3 Å². The molecule has 6 heteroatoms. The molecular weight excluding hydrogens is 233 g/mol. The molecule has 1 aliphatic rings. The van der Waals surface area contributed by atoms with Crippen molar-refractivity contribution in [1.82, 2.24) is 9.80 Å². The van der Waals surface area contributed by atoms with Gasteiger partial charge in [-0.15, -0.1) is 0 Å². The second kappa shape index (κ2) is 5.54. The van der Waals surface area contributed by atoms with Crippen molar-refractivity contribution in [3.05, 3.63) is 0 Å². The SMILES string of the molecule is CC(C)(O)CCN1CCN(CC(F)(F)F)CC1. The molecule has 0 aromatic carbocycles. The molecule has 0 aliphatic carbocycles. The lowest BCUT2D eigenvalue weighted by Crippen LogP contribution is -2.49. The van der Waals surface area contributed by atoms with Crippen molar-refractivity contribution in [2.45, 2.75) is 32.0 Å². The maximum atomic E-state index is 12.2. The zero-order valence-electron chi connectivity index (χ0n) is 10.4. The molecule has 17 heavy (non-hydrogen) atoms. The number of halogens is 3. The largest absolute Gasteiger partial charge is 0.401 e. The van der Waals surface area contributed by atoms with E-state index in [1.807, 2.05) is 0 Å². The molecule has 0 amide bonds. The summed E-state index contributed by atoms with van der Waals surface area (Å²) in [6, 6.07) is 0. The molecule has 0 unspecified atom stereocenters.